The zero-order chi connectivity index (χ0) is 29.8. The smallest absolute Gasteiger partial charge is 0.167 e. The summed E-state index contributed by atoms with van der Waals surface area (Å²) in [5.74, 6) is 3.16. The van der Waals surface area contributed by atoms with E-state index >= 15 is 0 Å². The monoisotopic (exact) mass is 567 g/mol. The van der Waals surface area contributed by atoms with Crippen LogP contribution in [-0.2, 0) is 0 Å². The summed E-state index contributed by atoms with van der Waals surface area (Å²) in [5.41, 5.74) is 6.01. The Morgan fingerprint density at radius 2 is 0.977 bits per heavy atom. The highest BCUT2D eigenvalue weighted by Crippen LogP contribution is 2.39. The minimum Gasteiger partial charge on any atom is -0.507 e. The lowest BCUT2D eigenvalue weighted by Gasteiger charge is -2.15. The highest BCUT2D eigenvalue weighted by molar-refractivity contribution is 5.85. The van der Waals surface area contributed by atoms with Crippen molar-refractivity contribution in [2.24, 2.45) is 0 Å². The van der Waals surface area contributed by atoms with E-state index in [9.17, 15) is 5.11 Å². The van der Waals surface area contributed by atoms with Crippen molar-refractivity contribution in [2.75, 3.05) is 21.3 Å². The molecule has 0 bridgehead atoms. The van der Waals surface area contributed by atoms with Crippen LogP contribution in [0, 0.1) is 0 Å². The van der Waals surface area contributed by atoms with Crippen molar-refractivity contribution >= 4 is 0 Å². The Labute approximate surface area is 250 Å². The van der Waals surface area contributed by atoms with Crippen LogP contribution in [0.25, 0.3) is 56.4 Å². The second-order valence-electron chi connectivity index (χ2n) is 9.74. The van der Waals surface area contributed by atoms with Gasteiger partial charge in [-0.25, -0.2) is 15.0 Å². The van der Waals surface area contributed by atoms with Gasteiger partial charge in [0, 0.05) is 28.8 Å². The van der Waals surface area contributed by atoms with Gasteiger partial charge in [0.2, 0.25) is 0 Å². The highest BCUT2D eigenvalue weighted by Gasteiger charge is 2.19. The third kappa shape index (κ3) is 5.61. The summed E-state index contributed by atoms with van der Waals surface area (Å²) < 4.78 is 16.4. The van der Waals surface area contributed by atoms with Crippen LogP contribution in [0.5, 0.6) is 23.0 Å². The Kier molecular flexibility index (Phi) is 7.70. The van der Waals surface area contributed by atoms with Gasteiger partial charge in [0.1, 0.15) is 23.0 Å². The molecule has 7 heteroatoms. The van der Waals surface area contributed by atoms with Crippen LogP contribution in [0.3, 0.4) is 0 Å². The first-order valence-corrected chi connectivity index (χ1v) is 13.7. The summed E-state index contributed by atoms with van der Waals surface area (Å²) in [4.78, 5) is 14.6. The number of hydrogen-bond acceptors (Lipinski definition) is 7. The van der Waals surface area contributed by atoms with Crippen molar-refractivity contribution in [3.63, 3.8) is 0 Å². The summed E-state index contributed by atoms with van der Waals surface area (Å²) in [6.07, 6.45) is 0. The first-order chi connectivity index (χ1) is 21.1. The number of aromatic nitrogens is 3. The molecule has 43 heavy (non-hydrogen) atoms. The Morgan fingerprint density at radius 3 is 1.63 bits per heavy atom. The Morgan fingerprint density at radius 1 is 0.442 bits per heavy atom. The van der Waals surface area contributed by atoms with Gasteiger partial charge in [0.05, 0.1) is 26.9 Å². The molecule has 0 radical (unpaired) electrons. The fourth-order valence-electron chi connectivity index (χ4n) is 4.95. The van der Waals surface area contributed by atoms with Gasteiger partial charge in [-0.05, 0) is 41.0 Å². The third-order valence-electron chi connectivity index (χ3n) is 7.20. The molecule has 0 aliphatic rings. The Bertz CT molecular complexity index is 1890. The van der Waals surface area contributed by atoms with Crippen LogP contribution < -0.4 is 14.2 Å². The van der Waals surface area contributed by atoms with Gasteiger partial charge < -0.3 is 19.3 Å². The zero-order valence-electron chi connectivity index (χ0n) is 24.0. The van der Waals surface area contributed by atoms with Crippen LogP contribution in [0.15, 0.2) is 115 Å². The fraction of sp³-hybridized carbons (Fsp3) is 0.0833. The van der Waals surface area contributed by atoms with Gasteiger partial charge in [-0.3, -0.25) is 0 Å². The average molecular weight is 568 g/mol. The molecule has 0 fully saturated rings. The predicted octanol–water partition coefficient (Wildman–Crippen LogP) is 7.94. The molecule has 1 heterocycles. The van der Waals surface area contributed by atoms with Crippen LogP contribution in [0.2, 0.25) is 0 Å². The van der Waals surface area contributed by atoms with E-state index in [1.54, 1.807) is 39.5 Å². The van der Waals surface area contributed by atoms with Crippen molar-refractivity contribution in [2.45, 2.75) is 0 Å². The molecule has 212 valence electrons. The molecule has 0 aliphatic heterocycles. The lowest BCUT2D eigenvalue weighted by atomic mass is 9.98. The minimum atomic E-state index is 0.00647. The van der Waals surface area contributed by atoms with Gasteiger partial charge >= 0.3 is 0 Å². The molecular formula is C36H29N3O4. The zero-order valence-corrected chi connectivity index (χ0v) is 24.0. The van der Waals surface area contributed by atoms with Crippen molar-refractivity contribution in [3.05, 3.63) is 115 Å². The SMILES string of the molecule is COc1ccc(-c2nc(-c3ccc(-c4ccccc4)cc3)nc(-c3ccccc3-c3ccc(OC)cc3OC)n2)c(O)c1. The maximum Gasteiger partial charge on any atom is 0.167 e. The standard InChI is InChI=1S/C36H29N3O4/c1-41-26-18-20-31(32(40)21-26)36-38-34(25-15-13-24(14-16-25)23-9-5-4-6-10-23)37-35(39-36)30-12-8-7-11-28(30)29-19-17-27(42-2)22-33(29)43-3/h4-22,40H,1-3H3. The number of phenols is 1. The molecule has 6 rings (SSSR count). The normalized spacial score (nSPS) is 10.8. The van der Waals surface area contributed by atoms with Gasteiger partial charge in [-0.2, -0.15) is 0 Å². The number of benzene rings is 5. The molecule has 5 aromatic carbocycles. The molecular weight excluding hydrogens is 538 g/mol. The maximum absolute atomic E-state index is 10.9. The number of nitrogens with zero attached hydrogens (tertiary/aromatic N) is 3. The maximum atomic E-state index is 10.9. The summed E-state index contributed by atoms with van der Waals surface area (Å²) in [5, 5.41) is 10.9. The Balaban J connectivity index is 1.53. The Hall–Kier alpha value is -5.69. The number of rotatable bonds is 8. The van der Waals surface area contributed by atoms with Gasteiger partial charge in [0.15, 0.2) is 17.5 Å². The van der Waals surface area contributed by atoms with E-state index in [2.05, 4.69) is 24.3 Å². The van der Waals surface area contributed by atoms with E-state index in [0.717, 1.165) is 33.4 Å². The van der Waals surface area contributed by atoms with Crippen molar-refractivity contribution in [1.82, 2.24) is 15.0 Å². The first kappa shape index (κ1) is 27.5. The molecule has 0 spiro atoms. The summed E-state index contributed by atoms with van der Waals surface area (Å²) in [7, 11) is 4.81. The molecule has 0 amide bonds. The molecule has 0 aliphatic carbocycles. The average Bonchev–Trinajstić information content (AvgIpc) is 3.08. The molecule has 0 saturated carbocycles. The number of methoxy groups -OCH3 is 3. The largest absolute Gasteiger partial charge is 0.507 e. The van der Waals surface area contributed by atoms with E-state index in [-0.39, 0.29) is 5.75 Å². The second-order valence-corrected chi connectivity index (χ2v) is 9.74. The predicted molar refractivity (Wildman–Crippen MR) is 168 cm³/mol. The van der Waals surface area contributed by atoms with E-state index in [4.69, 9.17) is 29.2 Å². The number of ether oxygens (including phenoxy) is 3. The van der Waals surface area contributed by atoms with Gasteiger partial charge in [-0.1, -0.05) is 78.9 Å². The molecule has 0 unspecified atom stereocenters. The quantitative estimate of drug-likeness (QED) is 0.200. The molecule has 7 nitrogen and oxygen atoms in total. The number of phenolic OH excluding ortho intramolecular Hbond substituents is 1. The summed E-state index contributed by atoms with van der Waals surface area (Å²) >= 11 is 0. The summed E-state index contributed by atoms with van der Waals surface area (Å²) in [6.45, 7) is 0. The number of aromatic hydroxyl groups is 1. The molecule has 1 aromatic heterocycles. The van der Waals surface area contributed by atoms with Crippen LogP contribution in [0.1, 0.15) is 0 Å². The van der Waals surface area contributed by atoms with Gasteiger partial charge in [-0.15, -0.1) is 0 Å². The third-order valence-corrected chi connectivity index (χ3v) is 7.20. The van der Waals surface area contributed by atoms with E-state index in [1.165, 1.54) is 0 Å². The first-order valence-electron chi connectivity index (χ1n) is 13.7. The number of hydrogen-bond donors (Lipinski definition) is 1. The van der Waals surface area contributed by atoms with E-state index in [0.29, 0.717) is 40.3 Å². The minimum absolute atomic E-state index is 0.00647. The van der Waals surface area contributed by atoms with Crippen molar-refractivity contribution in [1.29, 1.82) is 0 Å². The summed E-state index contributed by atoms with van der Waals surface area (Å²) in [6, 6.07) is 36.9. The molecule has 1 N–H and O–H groups in total. The van der Waals surface area contributed by atoms with Gasteiger partial charge in [0.25, 0.3) is 0 Å². The lowest BCUT2D eigenvalue weighted by molar-refractivity contribution is 0.395. The molecule has 0 saturated heterocycles. The van der Waals surface area contributed by atoms with Crippen LogP contribution in [-0.4, -0.2) is 41.4 Å². The lowest BCUT2D eigenvalue weighted by Crippen LogP contribution is -2.01. The fourth-order valence-corrected chi connectivity index (χ4v) is 4.95. The van der Waals surface area contributed by atoms with Crippen LogP contribution >= 0.6 is 0 Å². The van der Waals surface area contributed by atoms with Crippen molar-refractivity contribution in [3.8, 4) is 79.4 Å². The van der Waals surface area contributed by atoms with E-state index < -0.39 is 0 Å². The molecule has 6 aromatic rings. The van der Waals surface area contributed by atoms with E-state index in [1.807, 2.05) is 72.8 Å². The highest BCUT2D eigenvalue weighted by atomic mass is 16.5. The van der Waals surface area contributed by atoms with Crippen molar-refractivity contribution < 1.29 is 19.3 Å². The molecule has 0 atom stereocenters. The topological polar surface area (TPSA) is 86.6 Å². The van der Waals surface area contributed by atoms with Crippen LogP contribution in [0.4, 0.5) is 0 Å². The second kappa shape index (κ2) is 12.0.